The van der Waals surface area contributed by atoms with Crippen molar-refractivity contribution in [3.8, 4) is 0 Å². The molecule has 0 spiro atoms. The van der Waals surface area contributed by atoms with Gasteiger partial charge in [-0.1, -0.05) is 19.1 Å². The summed E-state index contributed by atoms with van der Waals surface area (Å²) in [6.07, 6.45) is -4.34. The average molecular weight is 379 g/mol. The first-order chi connectivity index (χ1) is 12.6. The number of hydrogen-bond acceptors (Lipinski definition) is 3. The number of carbonyl (C=O) groups is 2. The van der Waals surface area contributed by atoms with Crippen molar-refractivity contribution < 1.29 is 22.8 Å². The lowest BCUT2D eigenvalue weighted by Crippen LogP contribution is -2.32. The molecule has 27 heavy (non-hydrogen) atoms. The molecule has 144 valence electrons. The Hall–Kier alpha value is -3.03. The van der Waals surface area contributed by atoms with Gasteiger partial charge in [-0.3, -0.25) is 9.59 Å². The number of alkyl halides is 3. The van der Waals surface area contributed by atoms with Gasteiger partial charge in [0.15, 0.2) is 0 Å². The fourth-order valence-corrected chi connectivity index (χ4v) is 2.50. The zero-order chi connectivity index (χ0) is 20.2. The molecule has 0 unspecified atom stereocenters. The number of nitrogens with zero attached hydrogens (tertiary/aromatic N) is 1. The number of amides is 2. The van der Waals surface area contributed by atoms with Crippen LogP contribution in [0.1, 0.15) is 29.3 Å². The Morgan fingerprint density at radius 2 is 1.85 bits per heavy atom. The topological polar surface area (TPSA) is 75.4 Å². The summed E-state index contributed by atoms with van der Waals surface area (Å²) in [7, 11) is 0. The van der Waals surface area contributed by atoms with Gasteiger partial charge in [0.25, 0.3) is 5.91 Å². The molecule has 5 nitrogen and oxygen atoms in total. The average Bonchev–Trinajstić information content (AvgIpc) is 2.60. The van der Waals surface area contributed by atoms with E-state index < -0.39 is 18.0 Å². The second-order valence-corrected chi connectivity index (χ2v) is 6.03. The Bertz CT molecular complexity index is 850. The minimum absolute atomic E-state index is 0.0628. The maximum absolute atomic E-state index is 12.9. The Morgan fingerprint density at radius 3 is 2.44 bits per heavy atom. The van der Waals surface area contributed by atoms with Crippen LogP contribution in [0.15, 0.2) is 42.5 Å². The molecule has 2 rings (SSSR count). The normalized spacial score (nSPS) is 11.1. The molecule has 0 aliphatic rings. The van der Waals surface area contributed by atoms with Crippen molar-refractivity contribution >= 4 is 28.9 Å². The van der Waals surface area contributed by atoms with Gasteiger partial charge in [0.1, 0.15) is 0 Å². The van der Waals surface area contributed by atoms with Crippen LogP contribution in [0.2, 0.25) is 0 Å². The van der Waals surface area contributed by atoms with Crippen molar-refractivity contribution in [1.29, 1.82) is 0 Å². The maximum Gasteiger partial charge on any atom is 0.471 e. The minimum atomic E-state index is -5.01. The number of benzene rings is 2. The molecule has 0 radical (unpaired) electrons. The first kappa shape index (κ1) is 20.3. The number of halogens is 3. The summed E-state index contributed by atoms with van der Waals surface area (Å²) >= 11 is 0. The monoisotopic (exact) mass is 379 g/mol. The highest BCUT2D eigenvalue weighted by Gasteiger charge is 2.39. The van der Waals surface area contributed by atoms with Crippen molar-refractivity contribution in [2.24, 2.45) is 0 Å². The quantitative estimate of drug-likeness (QED) is 0.767. The lowest BCUT2D eigenvalue weighted by molar-refractivity contribution is -0.167. The van der Waals surface area contributed by atoms with E-state index in [-0.39, 0.29) is 11.3 Å². The van der Waals surface area contributed by atoms with Crippen LogP contribution in [0, 0.1) is 6.92 Å². The van der Waals surface area contributed by atoms with Gasteiger partial charge < -0.3 is 16.0 Å². The van der Waals surface area contributed by atoms with Crippen LogP contribution in [-0.4, -0.2) is 24.5 Å². The van der Waals surface area contributed by atoms with Crippen LogP contribution in [0.4, 0.5) is 30.2 Å². The lowest BCUT2D eigenvalue weighted by Gasteiger charge is -2.23. The molecule has 2 aromatic rings. The van der Waals surface area contributed by atoms with E-state index in [0.29, 0.717) is 29.9 Å². The van der Waals surface area contributed by atoms with Gasteiger partial charge in [-0.2, -0.15) is 13.2 Å². The SMILES string of the molecule is CCCN(C(=O)c1ccc(C)c(NC(=O)C(F)(F)F)c1)c1cccc(N)c1. The number of hydrogen-bond donors (Lipinski definition) is 2. The summed E-state index contributed by atoms with van der Waals surface area (Å²) in [6, 6.07) is 11.0. The van der Waals surface area contributed by atoms with E-state index in [1.165, 1.54) is 23.1 Å². The van der Waals surface area contributed by atoms with Gasteiger partial charge in [-0.05, 0) is 49.2 Å². The van der Waals surface area contributed by atoms with Crippen LogP contribution in [0.25, 0.3) is 0 Å². The summed E-state index contributed by atoms with van der Waals surface area (Å²) in [5.41, 5.74) is 7.37. The Morgan fingerprint density at radius 1 is 1.15 bits per heavy atom. The number of anilines is 3. The van der Waals surface area contributed by atoms with E-state index in [1.807, 2.05) is 12.2 Å². The number of nitrogens with one attached hydrogen (secondary N) is 1. The third-order valence-electron chi connectivity index (χ3n) is 3.86. The van der Waals surface area contributed by atoms with Crippen molar-refractivity contribution in [3.05, 3.63) is 53.6 Å². The molecule has 0 heterocycles. The molecular weight excluding hydrogens is 359 g/mol. The molecular formula is C19H20F3N3O2. The number of carbonyl (C=O) groups excluding carboxylic acids is 2. The minimum Gasteiger partial charge on any atom is -0.399 e. The molecule has 8 heteroatoms. The van der Waals surface area contributed by atoms with E-state index >= 15 is 0 Å². The summed E-state index contributed by atoms with van der Waals surface area (Å²) in [4.78, 5) is 25.7. The molecule has 2 amide bonds. The van der Waals surface area contributed by atoms with E-state index in [4.69, 9.17) is 5.73 Å². The van der Waals surface area contributed by atoms with Gasteiger partial charge in [0.05, 0.1) is 0 Å². The van der Waals surface area contributed by atoms with Crippen LogP contribution < -0.4 is 16.0 Å². The number of nitrogen functional groups attached to an aromatic ring is 1. The molecule has 0 aliphatic heterocycles. The van der Waals surface area contributed by atoms with Crippen molar-refractivity contribution in [2.75, 3.05) is 22.5 Å². The molecule has 0 saturated carbocycles. The van der Waals surface area contributed by atoms with E-state index in [1.54, 1.807) is 31.2 Å². The van der Waals surface area contributed by atoms with Gasteiger partial charge in [0.2, 0.25) is 0 Å². The summed E-state index contributed by atoms with van der Waals surface area (Å²) in [5, 5.41) is 1.81. The molecule has 0 aromatic heterocycles. The predicted octanol–water partition coefficient (Wildman–Crippen LogP) is 4.13. The summed E-state index contributed by atoms with van der Waals surface area (Å²) in [6.45, 7) is 3.85. The van der Waals surface area contributed by atoms with E-state index in [2.05, 4.69) is 0 Å². The number of rotatable bonds is 5. The second kappa shape index (κ2) is 8.11. The Kier molecular flexibility index (Phi) is 6.09. The van der Waals surface area contributed by atoms with Gasteiger partial charge in [0, 0.05) is 29.2 Å². The highest BCUT2D eigenvalue weighted by atomic mass is 19.4. The largest absolute Gasteiger partial charge is 0.471 e. The molecule has 0 saturated heterocycles. The van der Waals surface area contributed by atoms with Crippen molar-refractivity contribution in [3.63, 3.8) is 0 Å². The van der Waals surface area contributed by atoms with Crippen molar-refractivity contribution in [1.82, 2.24) is 0 Å². The first-order valence-electron chi connectivity index (χ1n) is 8.29. The Labute approximate surface area is 155 Å². The fraction of sp³-hybridized carbons (Fsp3) is 0.263. The molecule has 3 N–H and O–H groups in total. The third-order valence-corrected chi connectivity index (χ3v) is 3.86. The van der Waals surface area contributed by atoms with E-state index in [9.17, 15) is 22.8 Å². The highest BCUT2D eigenvalue weighted by Crippen LogP contribution is 2.25. The van der Waals surface area contributed by atoms with Crippen LogP contribution in [0.5, 0.6) is 0 Å². The molecule has 0 aliphatic carbocycles. The van der Waals surface area contributed by atoms with Crippen LogP contribution in [-0.2, 0) is 4.79 Å². The zero-order valence-corrected chi connectivity index (χ0v) is 14.9. The zero-order valence-electron chi connectivity index (χ0n) is 14.9. The number of aryl methyl sites for hydroxylation is 1. The Balaban J connectivity index is 2.36. The molecule has 0 atom stereocenters. The second-order valence-electron chi connectivity index (χ2n) is 6.03. The maximum atomic E-state index is 12.9. The van der Waals surface area contributed by atoms with Crippen LogP contribution in [0.3, 0.4) is 0 Å². The lowest BCUT2D eigenvalue weighted by atomic mass is 10.1. The fourth-order valence-electron chi connectivity index (χ4n) is 2.50. The van der Waals surface area contributed by atoms with Crippen molar-refractivity contribution in [2.45, 2.75) is 26.4 Å². The van der Waals surface area contributed by atoms with Gasteiger partial charge in [-0.25, -0.2) is 0 Å². The highest BCUT2D eigenvalue weighted by molar-refractivity contribution is 6.07. The van der Waals surface area contributed by atoms with Crippen LogP contribution >= 0.6 is 0 Å². The molecule has 0 fully saturated rings. The standard InChI is InChI=1S/C19H20F3N3O2/c1-3-9-25(15-6-4-5-14(23)11-15)17(26)13-8-7-12(2)16(10-13)24-18(27)19(20,21)22/h4-8,10-11H,3,9,23H2,1-2H3,(H,24,27). The summed E-state index contributed by atoms with van der Waals surface area (Å²) < 4.78 is 37.5. The smallest absolute Gasteiger partial charge is 0.399 e. The van der Waals surface area contributed by atoms with Gasteiger partial charge >= 0.3 is 12.1 Å². The molecule has 0 bridgehead atoms. The first-order valence-corrected chi connectivity index (χ1v) is 8.29. The van der Waals surface area contributed by atoms with Gasteiger partial charge in [-0.15, -0.1) is 0 Å². The number of nitrogens with two attached hydrogens (primary N) is 1. The molecule has 2 aromatic carbocycles. The predicted molar refractivity (Wildman–Crippen MR) is 98.7 cm³/mol. The third kappa shape index (κ3) is 4.99. The summed E-state index contributed by atoms with van der Waals surface area (Å²) in [5.74, 6) is -2.48. The van der Waals surface area contributed by atoms with E-state index in [0.717, 1.165) is 0 Å².